The van der Waals surface area contributed by atoms with Crippen LogP contribution in [0.5, 0.6) is 5.75 Å². The molecular formula is C16H19NO2. The second-order valence-electron chi connectivity index (χ2n) is 4.55. The zero-order valence-corrected chi connectivity index (χ0v) is 11.0. The van der Waals surface area contributed by atoms with Gasteiger partial charge in [-0.2, -0.15) is 0 Å². The number of aliphatic hydroxyl groups excluding tert-OH is 1. The molecule has 3 nitrogen and oxygen atoms in total. The minimum atomic E-state index is -0.631. The number of ether oxygens (including phenoxy) is 1. The lowest BCUT2D eigenvalue weighted by Crippen LogP contribution is -2.11. The van der Waals surface area contributed by atoms with E-state index in [9.17, 15) is 5.11 Å². The van der Waals surface area contributed by atoms with Gasteiger partial charge in [0.25, 0.3) is 0 Å². The maximum Gasteiger partial charge on any atom is 0.123 e. The van der Waals surface area contributed by atoms with Crippen LogP contribution in [0.25, 0.3) is 0 Å². The van der Waals surface area contributed by atoms with Crippen LogP contribution in [0.2, 0.25) is 0 Å². The lowest BCUT2D eigenvalue weighted by Gasteiger charge is -2.15. The molecular weight excluding hydrogens is 238 g/mol. The normalized spacial score (nSPS) is 12.2. The summed E-state index contributed by atoms with van der Waals surface area (Å²) in [7, 11) is 0. The third-order valence-electron chi connectivity index (χ3n) is 3.02. The average Bonchev–Trinajstić information content (AvgIpc) is 2.46. The van der Waals surface area contributed by atoms with Crippen molar-refractivity contribution in [2.24, 2.45) is 5.73 Å². The molecule has 0 saturated heterocycles. The highest BCUT2D eigenvalue weighted by Gasteiger charge is 2.09. The minimum Gasteiger partial charge on any atom is -0.490 e. The fraction of sp³-hybridized carbons (Fsp3) is 0.250. The van der Waals surface area contributed by atoms with Crippen LogP contribution in [-0.4, -0.2) is 11.7 Å². The maximum atomic E-state index is 10.0. The fourth-order valence-electron chi connectivity index (χ4n) is 1.95. The number of aryl methyl sites for hydroxylation is 1. The van der Waals surface area contributed by atoms with Crippen molar-refractivity contribution in [2.45, 2.75) is 19.6 Å². The largest absolute Gasteiger partial charge is 0.490 e. The monoisotopic (exact) mass is 257 g/mol. The Hall–Kier alpha value is -1.84. The van der Waals surface area contributed by atoms with Crippen molar-refractivity contribution >= 4 is 0 Å². The first-order valence-electron chi connectivity index (χ1n) is 6.36. The number of hydrogen-bond acceptors (Lipinski definition) is 3. The zero-order chi connectivity index (χ0) is 13.7. The summed E-state index contributed by atoms with van der Waals surface area (Å²) in [6, 6.07) is 15.4. The number of rotatable bonds is 5. The summed E-state index contributed by atoms with van der Waals surface area (Å²) in [5, 5.41) is 10.0. The first kappa shape index (κ1) is 13.6. The van der Waals surface area contributed by atoms with E-state index >= 15 is 0 Å². The molecule has 3 heteroatoms. The Morgan fingerprint density at radius 1 is 1.16 bits per heavy atom. The molecule has 0 fully saturated rings. The van der Waals surface area contributed by atoms with Crippen LogP contribution in [0, 0.1) is 6.92 Å². The molecule has 100 valence electrons. The molecule has 1 atom stereocenters. The molecule has 0 heterocycles. The second-order valence-corrected chi connectivity index (χ2v) is 4.55. The predicted molar refractivity (Wildman–Crippen MR) is 76.0 cm³/mol. The number of aliphatic hydroxyl groups is 1. The van der Waals surface area contributed by atoms with E-state index in [4.69, 9.17) is 10.5 Å². The SMILES string of the molecule is Cc1ccc(OCC(O)c2ccccc2)c(CN)c1. The number of hydrogen-bond donors (Lipinski definition) is 2. The summed E-state index contributed by atoms with van der Waals surface area (Å²) < 4.78 is 5.67. The van der Waals surface area contributed by atoms with Gasteiger partial charge in [0.05, 0.1) is 0 Å². The molecule has 0 aliphatic rings. The van der Waals surface area contributed by atoms with Crippen molar-refractivity contribution in [3.8, 4) is 5.75 Å². The van der Waals surface area contributed by atoms with Crippen LogP contribution in [0.1, 0.15) is 22.8 Å². The molecule has 0 aliphatic carbocycles. The van der Waals surface area contributed by atoms with Crippen molar-refractivity contribution in [3.05, 3.63) is 65.2 Å². The number of benzene rings is 2. The van der Waals surface area contributed by atoms with Crippen LogP contribution >= 0.6 is 0 Å². The summed E-state index contributed by atoms with van der Waals surface area (Å²) >= 11 is 0. The van der Waals surface area contributed by atoms with Crippen LogP contribution in [0.4, 0.5) is 0 Å². The summed E-state index contributed by atoms with van der Waals surface area (Å²) in [6.07, 6.45) is -0.631. The Balaban J connectivity index is 2.03. The molecule has 1 unspecified atom stereocenters. The molecule has 0 amide bonds. The molecule has 0 aliphatic heterocycles. The summed E-state index contributed by atoms with van der Waals surface area (Å²) in [4.78, 5) is 0. The third kappa shape index (κ3) is 3.56. The molecule has 0 radical (unpaired) electrons. The average molecular weight is 257 g/mol. The van der Waals surface area contributed by atoms with E-state index in [0.29, 0.717) is 6.54 Å². The van der Waals surface area contributed by atoms with Gasteiger partial charge in [0.1, 0.15) is 18.5 Å². The van der Waals surface area contributed by atoms with E-state index < -0.39 is 6.10 Å². The van der Waals surface area contributed by atoms with Gasteiger partial charge in [0, 0.05) is 12.1 Å². The fourth-order valence-corrected chi connectivity index (χ4v) is 1.95. The molecule has 3 N–H and O–H groups in total. The molecule has 0 aromatic heterocycles. The van der Waals surface area contributed by atoms with Gasteiger partial charge in [0.15, 0.2) is 0 Å². The lowest BCUT2D eigenvalue weighted by atomic mass is 10.1. The van der Waals surface area contributed by atoms with Gasteiger partial charge in [-0.3, -0.25) is 0 Å². The van der Waals surface area contributed by atoms with Crippen molar-refractivity contribution in [3.63, 3.8) is 0 Å². The standard InChI is InChI=1S/C16H19NO2/c1-12-7-8-16(14(9-12)10-17)19-11-15(18)13-5-3-2-4-6-13/h2-9,15,18H,10-11,17H2,1H3. The van der Waals surface area contributed by atoms with E-state index in [1.54, 1.807) is 0 Å². The highest BCUT2D eigenvalue weighted by molar-refractivity contribution is 5.36. The second kappa shape index (κ2) is 6.36. The Morgan fingerprint density at radius 3 is 2.58 bits per heavy atom. The Kier molecular flexibility index (Phi) is 4.55. The molecule has 2 aromatic carbocycles. The predicted octanol–water partition coefficient (Wildman–Crippen LogP) is 2.57. The van der Waals surface area contributed by atoms with Gasteiger partial charge in [-0.1, -0.05) is 48.0 Å². The van der Waals surface area contributed by atoms with E-state index in [1.807, 2.05) is 55.5 Å². The molecule has 2 rings (SSSR count). The Bertz CT molecular complexity index is 526. The summed E-state index contributed by atoms with van der Waals surface area (Å²) in [6.45, 7) is 2.67. The topological polar surface area (TPSA) is 55.5 Å². The number of nitrogens with two attached hydrogens (primary N) is 1. The Labute approximate surface area is 113 Å². The molecule has 0 spiro atoms. The van der Waals surface area contributed by atoms with Crippen molar-refractivity contribution in [1.82, 2.24) is 0 Å². The van der Waals surface area contributed by atoms with Crippen LogP contribution < -0.4 is 10.5 Å². The van der Waals surface area contributed by atoms with E-state index in [2.05, 4.69) is 0 Å². The maximum absolute atomic E-state index is 10.0. The highest BCUT2D eigenvalue weighted by Crippen LogP contribution is 2.21. The van der Waals surface area contributed by atoms with Crippen molar-refractivity contribution in [2.75, 3.05) is 6.61 Å². The van der Waals surface area contributed by atoms with E-state index in [-0.39, 0.29) is 6.61 Å². The van der Waals surface area contributed by atoms with Gasteiger partial charge < -0.3 is 15.6 Å². The van der Waals surface area contributed by atoms with Gasteiger partial charge in [-0.15, -0.1) is 0 Å². The van der Waals surface area contributed by atoms with Crippen LogP contribution in [0.3, 0.4) is 0 Å². The van der Waals surface area contributed by atoms with Crippen LogP contribution in [0.15, 0.2) is 48.5 Å². The Morgan fingerprint density at radius 2 is 1.89 bits per heavy atom. The van der Waals surface area contributed by atoms with E-state index in [0.717, 1.165) is 22.4 Å². The van der Waals surface area contributed by atoms with Gasteiger partial charge in [0.2, 0.25) is 0 Å². The molecule has 19 heavy (non-hydrogen) atoms. The van der Waals surface area contributed by atoms with E-state index in [1.165, 1.54) is 0 Å². The first-order chi connectivity index (χ1) is 9.20. The van der Waals surface area contributed by atoms with Crippen molar-refractivity contribution in [1.29, 1.82) is 0 Å². The van der Waals surface area contributed by atoms with Gasteiger partial charge in [-0.25, -0.2) is 0 Å². The quantitative estimate of drug-likeness (QED) is 0.865. The smallest absolute Gasteiger partial charge is 0.123 e. The first-order valence-corrected chi connectivity index (χ1v) is 6.36. The zero-order valence-electron chi connectivity index (χ0n) is 11.0. The third-order valence-corrected chi connectivity index (χ3v) is 3.02. The van der Waals surface area contributed by atoms with Gasteiger partial charge in [-0.05, 0) is 18.6 Å². The summed E-state index contributed by atoms with van der Waals surface area (Å²) in [5.74, 6) is 0.739. The van der Waals surface area contributed by atoms with Gasteiger partial charge >= 0.3 is 0 Å². The lowest BCUT2D eigenvalue weighted by molar-refractivity contribution is 0.107. The molecule has 0 bridgehead atoms. The highest BCUT2D eigenvalue weighted by atomic mass is 16.5. The van der Waals surface area contributed by atoms with Crippen LogP contribution in [-0.2, 0) is 6.54 Å². The molecule has 0 saturated carbocycles. The molecule has 2 aromatic rings. The van der Waals surface area contributed by atoms with Crippen molar-refractivity contribution < 1.29 is 9.84 Å². The summed E-state index contributed by atoms with van der Waals surface area (Å²) in [5.41, 5.74) is 8.65. The minimum absolute atomic E-state index is 0.222.